The van der Waals surface area contributed by atoms with Crippen LogP contribution in [0.3, 0.4) is 0 Å². The van der Waals surface area contributed by atoms with Crippen molar-refractivity contribution < 1.29 is 4.79 Å². The van der Waals surface area contributed by atoms with Gasteiger partial charge in [0.25, 0.3) is 11.1 Å². The first-order chi connectivity index (χ1) is 9.71. The van der Waals surface area contributed by atoms with Gasteiger partial charge in [0.1, 0.15) is 0 Å². The molecule has 1 unspecified atom stereocenters. The lowest BCUT2D eigenvalue weighted by molar-refractivity contribution is -0.119. The minimum absolute atomic E-state index is 0.135. The monoisotopic (exact) mass is 290 g/mol. The van der Waals surface area contributed by atoms with Crippen LogP contribution >= 0.6 is 0 Å². The smallest absolute Gasteiger partial charge is 0.272 e. The number of aromatic nitrogens is 2. The molecule has 0 saturated heterocycles. The molecular weight excluding hydrogens is 272 g/mol. The number of nitrogens with two attached hydrogens (primary N) is 1. The number of benzene rings is 1. The molecule has 21 heavy (non-hydrogen) atoms. The highest BCUT2D eigenvalue weighted by molar-refractivity contribution is 6.03. The van der Waals surface area contributed by atoms with E-state index in [1.165, 1.54) is 6.07 Å². The van der Waals surface area contributed by atoms with E-state index in [0.717, 1.165) is 0 Å². The summed E-state index contributed by atoms with van der Waals surface area (Å²) in [7, 11) is 0. The van der Waals surface area contributed by atoms with Crippen LogP contribution in [0.1, 0.15) is 20.8 Å². The number of hydrogen-bond acceptors (Lipinski definition) is 4. The lowest BCUT2D eigenvalue weighted by atomic mass is 9.87. The summed E-state index contributed by atoms with van der Waals surface area (Å²) in [5.41, 5.74) is 4.83. The third kappa shape index (κ3) is 2.87. The molecule has 112 valence electrons. The highest BCUT2D eigenvalue weighted by atomic mass is 16.2. The van der Waals surface area contributed by atoms with E-state index >= 15 is 0 Å². The Kier molecular flexibility index (Phi) is 3.69. The van der Waals surface area contributed by atoms with E-state index in [0.29, 0.717) is 0 Å². The maximum atomic E-state index is 12.2. The molecule has 1 aromatic heterocycles. The van der Waals surface area contributed by atoms with Crippen molar-refractivity contribution in [1.82, 2.24) is 10.2 Å². The molecule has 0 fully saturated rings. The Hall–Kier alpha value is -2.41. The van der Waals surface area contributed by atoms with Crippen LogP contribution in [0.5, 0.6) is 0 Å². The van der Waals surface area contributed by atoms with E-state index in [1.807, 2.05) is 20.8 Å². The number of carbonyl (C=O) groups excluding carboxylic acids is 1. The molecule has 0 radical (unpaired) electrons. The molecule has 1 heterocycles. The lowest BCUT2D eigenvalue weighted by Crippen LogP contribution is -2.45. The van der Waals surface area contributed by atoms with Crippen molar-refractivity contribution in [2.45, 2.75) is 26.8 Å². The Labute approximate surface area is 120 Å². The molecule has 0 aliphatic carbocycles. The Bertz CT molecular complexity index is 798. The van der Waals surface area contributed by atoms with Crippen LogP contribution in [-0.2, 0) is 4.79 Å². The molecule has 7 nitrogen and oxygen atoms in total. The standard InChI is InChI=1S/C14H18N4O3/c1-14(2,3)10(15)13(21)16-8-6-4-5-7-9(8)12(20)18-17-11(7)19/h4-6,10H,15H2,1-3H3,(H,16,21)(H,17,19)(H,18,20). The van der Waals surface area contributed by atoms with Gasteiger partial charge in [-0.1, -0.05) is 26.8 Å². The second kappa shape index (κ2) is 5.17. The fraction of sp³-hybridized carbons (Fsp3) is 0.357. The maximum Gasteiger partial charge on any atom is 0.272 e. The summed E-state index contributed by atoms with van der Waals surface area (Å²) in [5.74, 6) is -0.408. The van der Waals surface area contributed by atoms with Gasteiger partial charge in [0.05, 0.1) is 22.5 Å². The second-order valence-corrected chi connectivity index (χ2v) is 5.97. The Balaban J connectivity index is 2.50. The van der Waals surface area contributed by atoms with Crippen LogP contribution < -0.4 is 22.2 Å². The molecule has 5 N–H and O–H groups in total. The van der Waals surface area contributed by atoms with E-state index in [-0.39, 0.29) is 16.5 Å². The zero-order valence-corrected chi connectivity index (χ0v) is 12.1. The van der Waals surface area contributed by atoms with Gasteiger partial charge in [-0.25, -0.2) is 0 Å². The van der Waals surface area contributed by atoms with Crippen LogP contribution in [0.15, 0.2) is 27.8 Å². The average Bonchev–Trinajstić information content (AvgIpc) is 2.41. The van der Waals surface area contributed by atoms with Crippen molar-refractivity contribution in [3.63, 3.8) is 0 Å². The molecule has 2 aromatic rings. The second-order valence-electron chi connectivity index (χ2n) is 5.97. The molecule has 0 aliphatic rings. The number of carbonyl (C=O) groups is 1. The van der Waals surface area contributed by atoms with Crippen molar-refractivity contribution in [3.05, 3.63) is 38.9 Å². The summed E-state index contributed by atoms with van der Waals surface area (Å²) in [5, 5.41) is 7.45. The maximum absolute atomic E-state index is 12.2. The fourth-order valence-electron chi connectivity index (χ4n) is 1.94. The van der Waals surface area contributed by atoms with E-state index in [2.05, 4.69) is 15.5 Å². The van der Waals surface area contributed by atoms with Crippen molar-refractivity contribution in [3.8, 4) is 0 Å². The highest BCUT2D eigenvalue weighted by Gasteiger charge is 2.27. The van der Waals surface area contributed by atoms with Gasteiger partial charge >= 0.3 is 0 Å². The highest BCUT2D eigenvalue weighted by Crippen LogP contribution is 2.21. The third-order valence-corrected chi connectivity index (χ3v) is 3.30. The first-order valence-electron chi connectivity index (χ1n) is 6.52. The molecule has 1 amide bonds. The van der Waals surface area contributed by atoms with Gasteiger partial charge in [0.2, 0.25) is 5.91 Å². The number of fused-ring (bicyclic) bond motifs is 1. The van der Waals surface area contributed by atoms with Crippen molar-refractivity contribution in [1.29, 1.82) is 0 Å². The van der Waals surface area contributed by atoms with Gasteiger partial charge in [-0.15, -0.1) is 0 Å². The van der Waals surface area contributed by atoms with E-state index in [9.17, 15) is 14.4 Å². The van der Waals surface area contributed by atoms with Crippen molar-refractivity contribution in [2.75, 3.05) is 5.32 Å². The molecule has 0 aliphatic heterocycles. The van der Waals surface area contributed by atoms with Gasteiger partial charge in [-0.3, -0.25) is 24.6 Å². The zero-order chi connectivity index (χ0) is 15.8. The zero-order valence-electron chi connectivity index (χ0n) is 12.1. The molecule has 1 atom stereocenters. The largest absolute Gasteiger partial charge is 0.324 e. The topological polar surface area (TPSA) is 121 Å². The summed E-state index contributed by atoms with van der Waals surface area (Å²) in [6.45, 7) is 5.54. The molecule has 0 bridgehead atoms. The first-order valence-corrected chi connectivity index (χ1v) is 6.52. The van der Waals surface area contributed by atoms with Crippen molar-refractivity contribution in [2.24, 2.45) is 11.1 Å². The van der Waals surface area contributed by atoms with Crippen molar-refractivity contribution >= 4 is 22.4 Å². The average molecular weight is 290 g/mol. The molecule has 0 saturated carbocycles. The minimum Gasteiger partial charge on any atom is -0.324 e. The number of anilines is 1. The van der Waals surface area contributed by atoms with Crippen LogP contribution in [0.2, 0.25) is 0 Å². The minimum atomic E-state index is -0.742. The van der Waals surface area contributed by atoms with Crippen LogP contribution in [0.25, 0.3) is 10.8 Å². The summed E-state index contributed by atoms with van der Waals surface area (Å²) in [6.07, 6.45) is 0. The van der Waals surface area contributed by atoms with Gasteiger partial charge in [0.15, 0.2) is 0 Å². The normalized spacial score (nSPS) is 13.1. The van der Waals surface area contributed by atoms with Gasteiger partial charge in [-0.05, 0) is 17.5 Å². The number of nitrogens with one attached hydrogen (secondary N) is 3. The SMILES string of the molecule is CC(C)(C)C(N)C(=O)Nc1cccc2c(=O)[nH][nH]c(=O)c12. The van der Waals surface area contributed by atoms with Crippen LogP contribution in [-0.4, -0.2) is 22.1 Å². The number of hydrogen-bond donors (Lipinski definition) is 4. The Morgan fingerprint density at radius 1 is 1.19 bits per heavy atom. The summed E-state index contributed by atoms with van der Waals surface area (Å²) >= 11 is 0. The number of aromatic amines is 2. The Morgan fingerprint density at radius 3 is 2.43 bits per heavy atom. The lowest BCUT2D eigenvalue weighted by Gasteiger charge is -2.25. The molecule has 0 spiro atoms. The quantitative estimate of drug-likeness (QED) is 0.644. The van der Waals surface area contributed by atoms with E-state index in [4.69, 9.17) is 5.73 Å². The van der Waals surface area contributed by atoms with Gasteiger partial charge in [0, 0.05) is 0 Å². The van der Waals surface area contributed by atoms with Gasteiger partial charge < -0.3 is 11.1 Å². The van der Waals surface area contributed by atoms with E-state index in [1.54, 1.807) is 12.1 Å². The third-order valence-electron chi connectivity index (χ3n) is 3.30. The number of H-pyrrole nitrogens is 2. The first kappa shape index (κ1) is 15.0. The molecule has 2 rings (SSSR count). The predicted molar refractivity (Wildman–Crippen MR) is 81.2 cm³/mol. The van der Waals surface area contributed by atoms with Crippen LogP contribution in [0, 0.1) is 5.41 Å². The predicted octanol–water partition coefficient (Wildman–Crippen LogP) is 0.528. The summed E-state index contributed by atoms with van der Waals surface area (Å²) in [4.78, 5) is 35.8. The molecule has 1 aromatic carbocycles. The number of amides is 1. The molecular formula is C14H18N4O3. The van der Waals surface area contributed by atoms with E-state index < -0.39 is 28.5 Å². The fourth-order valence-corrected chi connectivity index (χ4v) is 1.94. The number of rotatable bonds is 2. The van der Waals surface area contributed by atoms with Crippen LogP contribution in [0.4, 0.5) is 5.69 Å². The Morgan fingerprint density at radius 2 is 1.81 bits per heavy atom. The summed E-state index contributed by atoms with van der Waals surface area (Å²) < 4.78 is 0. The summed E-state index contributed by atoms with van der Waals surface area (Å²) in [6, 6.07) is 3.93. The molecule has 7 heteroatoms. The van der Waals surface area contributed by atoms with Gasteiger partial charge in [-0.2, -0.15) is 0 Å².